The quantitative estimate of drug-likeness (QED) is 0.575. The normalized spacial score (nSPS) is 20.1. The van der Waals surface area contributed by atoms with Gasteiger partial charge in [-0.25, -0.2) is 13.4 Å². The van der Waals surface area contributed by atoms with Gasteiger partial charge in [0.25, 0.3) is 11.6 Å². The number of aromatic nitrogens is 1. The fourth-order valence-electron chi connectivity index (χ4n) is 2.11. The Kier molecular flexibility index (Phi) is 4.07. The molecule has 1 unspecified atom stereocenters. The molecular formula is C11H14N4O5S. The zero-order valence-electron chi connectivity index (χ0n) is 11.0. The number of nitrogens with two attached hydrogens (primary N) is 1. The number of carbonyl (C=O) groups excluding carboxylic acids is 1. The minimum atomic E-state index is -3.01. The van der Waals surface area contributed by atoms with Crippen molar-refractivity contribution in [3.8, 4) is 0 Å². The van der Waals surface area contributed by atoms with Gasteiger partial charge >= 0.3 is 0 Å². The number of nitrogen functional groups attached to an aromatic ring is 1. The zero-order valence-corrected chi connectivity index (χ0v) is 11.8. The summed E-state index contributed by atoms with van der Waals surface area (Å²) in [7, 11) is -3.01. The van der Waals surface area contributed by atoms with Gasteiger partial charge in [0.1, 0.15) is 12.0 Å². The summed E-state index contributed by atoms with van der Waals surface area (Å²) in [4.78, 5) is 25.5. The predicted octanol–water partition coefficient (Wildman–Crippen LogP) is -0.264. The van der Waals surface area contributed by atoms with Crippen LogP contribution < -0.4 is 11.1 Å². The standard InChI is InChI=1S/C11H14N4O5S/c12-10-9(3-8(5-13-10)15(17)18)11(16)14-4-7-1-2-21(19,20)6-7/h3,5,7H,1-2,4,6H2,(H2,12,13)(H,14,16). The number of sulfone groups is 1. The molecular weight excluding hydrogens is 300 g/mol. The Hall–Kier alpha value is -2.23. The maximum atomic E-state index is 12.0. The highest BCUT2D eigenvalue weighted by molar-refractivity contribution is 7.91. The smallest absolute Gasteiger partial charge is 0.288 e. The molecule has 0 aliphatic carbocycles. The van der Waals surface area contributed by atoms with Gasteiger partial charge in [0.2, 0.25) is 0 Å². The van der Waals surface area contributed by atoms with Crippen LogP contribution in [0.5, 0.6) is 0 Å². The lowest BCUT2D eigenvalue weighted by molar-refractivity contribution is -0.385. The van der Waals surface area contributed by atoms with E-state index in [1.807, 2.05) is 0 Å². The third-order valence-corrected chi connectivity index (χ3v) is 5.07. The average Bonchev–Trinajstić information content (AvgIpc) is 2.76. The number of carbonyl (C=O) groups is 1. The first kappa shape index (κ1) is 15.2. The van der Waals surface area contributed by atoms with Crippen molar-refractivity contribution in [3.63, 3.8) is 0 Å². The lowest BCUT2D eigenvalue weighted by Gasteiger charge is -2.10. The molecule has 0 aromatic carbocycles. The maximum Gasteiger partial charge on any atom is 0.288 e. The van der Waals surface area contributed by atoms with E-state index in [4.69, 9.17) is 5.73 Å². The van der Waals surface area contributed by atoms with Crippen LogP contribution in [0, 0.1) is 16.0 Å². The second-order valence-corrected chi connectivity index (χ2v) is 7.09. The lowest BCUT2D eigenvalue weighted by atomic mass is 10.1. The largest absolute Gasteiger partial charge is 0.383 e. The fourth-order valence-corrected chi connectivity index (χ4v) is 3.97. The molecule has 1 aromatic rings. The Labute approximate surface area is 120 Å². The number of nitro groups is 1. The Morgan fingerprint density at radius 1 is 1.57 bits per heavy atom. The minimum absolute atomic E-state index is 0.0376. The molecule has 1 saturated heterocycles. The van der Waals surface area contributed by atoms with Crippen molar-refractivity contribution < 1.29 is 18.1 Å². The van der Waals surface area contributed by atoms with Crippen LogP contribution in [0.2, 0.25) is 0 Å². The van der Waals surface area contributed by atoms with Crippen LogP contribution in [0.3, 0.4) is 0 Å². The van der Waals surface area contributed by atoms with Gasteiger partial charge in [-0.15, -0.1) is 0 Å². The molecule has 21 heavy (non-hydrogen) atoms. The average molecular weight is 314 g/mol. The molecule has 2 heterocycles. The van der Waals surface area contributed by atoms with E-state index in [1.54, 1.807) is 0 Å². The van der Waals surface area contributed by atoms with Gasteiger partial charge in [0.05, 0.1) is 22.0 Å². The molecule has 1 fully saturated rings. The molecule has 1 amide bonds. The SMILES string of the molecule is Nc1ncc([N+](=O)[O-])cc1C(=O)NCC1CCS(=O)(=O)C1. The van der Waals surface area contributed by atoms with Gasteiger partial charge in [-0.1, -0.05) is 0 Å². The summed E-state index contributed by atoms with van der Waals surface area (Å²) in [6.45, 7) is 0.181. The van der Waals surface area contributed by atoms with Crippen LogP contribution in [-0.4, -0.2) is 42.3 Å². The van der Waals surface area contributed by atoms with Gasteiger partial charge < -0.3 is 11.1 Å². The molecule has 1 aliphatic rings. The topological polar surface area (TPSA) is 145 Å². The van der Waals surface area contributed by atoms with Gasteiger partial charge in [-0.3, -0.25) is 14.9 Å². The number of hydrogen-bond acceptors (Lipinski definition) is 7. The van der Waals surface area contributed by atoms with Crippen LogP contribution in [-0.2, 0) is 9.84 Å². The Bertz CT molecular complexity index is 688. The molecule has 1 aliphatic heterocycles. The van der Waals surface area contributed by atoms with Crippen LogP contribution in [0.25, 0.3) is 0 Å². The monoisotopic (exact) mass is 314 g/mol. The number of rotatable bonds is 4. The van der Waals surface area contributed by atoms with E-state index in [1.165, 1.54) is 0 Å². The summed E-state index contributed by atoms with van der Waals surface area (Å²) in [5, 5.41) is 13.2. The molecule has 1 atom stereocenters. The minimum Gasteiger partial charge on any atom is -0.383 e. The molecule has 2 rings (SSSR count). The first-order valence-corrected chi connectivity index (χ1v) is 7.99. The Morgan fingerprint density at radius 2 is 2.29 bits per heavy atom. The number of nitrogens with one attached hydrogen (secondary N) is 1. The van der Waals surface area contributed by atoms with Gasteiger partial charge in [0, 0.05) is 12.6 Å². The molecule has 9 nitrogen and oxygen atoms in total. The molecule has 10 heteroatoms. The van der Waals surface area contributed by atoms with Crippen molar-refractivity contribution in [3.05, 3.63) is 27.9 Å². The molecule has 0 bridgehead atoms. The zero-order chi connectivity index (χ0) is 15.6. The number of amides is 1. The predicted molar refractivity (Wildman–Crippen MR) is 74.4 cm³/mol. The van der Waals surface area contributed by atoms with Crippen LogP contribution in [0.1, 0.15) is 16.8 Å². The third kappa shape index (κ3) is 3.66. The van der Waals surface area contributed by atoms with Crippen molar-refractivity contribution in [2.45, 2.75) is 6.42 Å². The Balaban J connectivity index is 2.04. The third-order valence-electron chi connectivity index (χ3n) is 3.24. The second-order valence-electron chi connectivity index (χ2n) is 4.86. The number of nitrogens with zero attached hydrogens (tertiary/aromatic N) is 2. The second kappa shape index (κ2) is 5.64. The Morgan fingerprint density at radius 3 is 2.86 bits per heavy atom. The van der Waals surface area contributed by atoms with Crippen molar-refractivity contribution in [1.82, 2.24) is 10.3 Å². The van der Waals surface area contributed by atoms with Gasteiger partial charge in [0.15, 0.2) is 9.84 Å². The number of pyridine rings is 1. The summed E-state index contributed by atoms with van der Waals surface area (Å²) in [6, 6.07) is 1.04. The maximum absolute atomic E-state index is 12.0. The molecule has 3 N–H and O–H groups in total. The van der Waals surface area contributed by atoms with Gasteiger partial charge in [-0.05, 0) is 12.3 Å². The van der Waals surface area contributed by atoms with E-state index in [0.717, 1.165) is 12.3 Å². The highest BCUT2D eigenvalue weighted by Gasteiger charge is 2.28. The molecule has 114 valence electrons. The summed E-state index contributed by atoms with van der Waals surface area (Å²) >= 11 is 0. The van der Waals surface area contributed by atoms with Crippen molar-refractivity contribution in [2.24, 2.45) is 5.92 Å². The molecule has 1 aromatic heterocycles. The van der Waals surface area contributed by atoms with Crippen molar-refractivity contribution in [2.75, 3.05) is 23.8 Å². The number of hydrogen-bond donors (Lipinski definition) is 2. The van der Waals surface area contributed by atoms with E-state index in [-0.39, 0.29) is 41.0 Å². The lowest BCUT2D eigenvalue weighted by Crippen LogP contribution is -2.30. The highest BCUT2D eigenvalue weighted by atomic mass is 32.2. The summed E-state index contributed by atoms with van der Waals surface area (Å²) in [5.74, 6) is -0.707. The molecule has 0 saturated carbocycles. The summed E-state index contributed by atoms with van der Waals surface area (Å²) in [6.07, 6.45) is 1.46. The van der Waals surface area contributed by atoms with Gasteiger partial charge in [-0.2, -0.15) is 0 Å². The fraction of sp³-hybridized carbons (Fsp3) is 0.455. The summed E-state index contributed by atoms with van der Waals surface area (Å²) in [5.41, 5.74) is 5.10. The van der Waals surface area contributed by atoms with E-state index in [0.29, 0.717) is 6.42 Å². The van der Waals surface area contributed by atoms with Crippen LogP contribution >= 0.6 is 0 Å². The molecule has 0 radical (unpaired) electrons. The highest BCUT2D eigenvalue weighted by Crippen LogP contribution is 2.19. The van der Waals surface area contributed by atoms with Crippen molar-refractivity contribution >= 4 is 27.2 Å². The number of anilines is 1. The molecule has 0 spiro atoms. The van der Waals surface area contributed by atoms with Crippen LogP contribution in [0.15, 0.2) is 12.3 Å². The van der Waals surface area contributed by atoms with E-state index < -0.39 is 20.7 Å². The van der Waals surface area contributed by atoms with E-state index in [9.17, 15) is 23.3 Å². The first-order valence-electron chi connectivity index (χ1n) is 6.17. The van der Waals surface area contributed by atoms with E-state index in [2.05, 4.69) is 10.3 Å². The summed E-state index contributed by atoms with van der Waals surface area (Å²) < 4.78 is 22.6. The van der Waals surface area contributed by atoms with Crippen molar-refractivity contribution in [1.29, 1.82) is 0 Å². The van der Waals surface area contributed by atoms with Crippen LogP contribution in [0.4, 0.5) is 11.5 Å². The van der Waals surface area contributed by atoms with E-state index >= 15 is 0 Å². The first-order chi connectivity index (χ1) is 9.78.